The third-order valence-corrected chi connectivity index (χ3v) is 6.30. The zero-order valence-electron chi connectivity index (χ0n) is 15.7. The van der Waals surface area contributed by atoms with Gasteiger partial charge in [0.15, 0.2) is 0 Å². The molecule has 0 fully saturated rings. The number of nitrogens with one attached hydrogen (secondary N) is 1. The maximum atomic E-state index is 12.3. The highest BCUT2D eigenvalue weighted by Crippen LogP contribution is 2.18. The monoisotopic (exact) mass is 384 g/mol. The van der Waals surface area contributed by atoms with Crippen LogP contribution >= 0.6 is 0 Å². The number of sulfonamides is 1. The summed E-state index contributed by atoms with van der Waals surface area (Å²) in [6, 6.07) is 15.5. The lowest BCUT2D eigenvalue weighted by Gasteiger charge is -2.16. The highest BCUT2D eigenvalue weighted by Gasteiger charge is 2.17. The summed E-state index contributed by atoms with van der Waals surface area (Å²) in [4.78, 5) is 4.37. The Bertz CT molecular complexity index is 981. The van der Waals surface area contributed by atoms with Crippen LogP contribution in [0.1, 0.15) is 24.1 Å². The van der Waals surface area contributed by atoms with E-state index in [0.29, 0.717) is 11.4 Å². The predicted octanol–water partition coefficient (Wildman–Crippen LogP) is 2.97. The molecule has 1 atom stereocenters. The quantitative estimate of drug-likeness (QED) is 0.680. The summed E-state index contributed by atoms with van der Waals surface area (Å²) in [6.45, 7) is 2.67. The first-order valence-electron chi connectivity index (χ1n) is 8.71. The fourth-order valence-electron chi connectivity index (χ4n) is 2.76. The molecule has 0 aliphatic heterocycles. The molecular formula is C20H24N4O2S. The van der Waals surface area contributed by atoms with Crippen molar-refractivity contribution in [1.29, 1.82) is 0 Å². The molecule has 0 saturated carbocycles. The van der Waals surface area contributed by atoms with Crippen LogP contribution in [0.4, 0.5) is 0 Å². The molecule has 0 amide bonds. The molecule has 0 aliphatic carbocycles. The van der Waals surface area contributed by atoms with Gasteiger partial charge in [0.1, 0.15) is 0 Å². The van der Waals surface area contributed by atoms with E-state index in [2.05, 4.69) is 41.5 Å². The van der Waals surface area contributed by atoms with Crippen molar-refractivity contribution in [3.05, 3.63) is 78.4 Å². The summed E-state index contributed by atoms with van der Waals surface area (Å²) < 4.78 is 27.7. The lowest BCUT2D eigenvalue weighted by molar-refractivity contribution is 0.520. The number of aromatic nitrogens is 2. The first-order chi connectivity index (χ1) is 12.9. The van der Waals surface area contributed by atoms with Crippen molar-refractivity contribution in [3.8, 4) is 5.69 Å². The van der Waals surface area contributed by atoms with Crippen molar-refractivity contribution >= 4 is 10.0 Å². The second kappa shape index (κ2) is 8.04. The molecule has 0 bridgehead atoms. The van der Waals surface area contributed by atoms with Crippen LogP contribution in [0.2, 0.25) is 0 Å². The van der Waals surface area contributed by atoms with Crippen molar-refractivity contribution in [1.82, 2.24) is 19.2 Å². The summed E-state index contributed by atoms with van der Waals surface area (Å²) >= 11 is 0. The van der Waals surface area contributed by atoms with Crippen LogP contribution in [0, 0.1) is 0 Å². The molecule has 27 heavy (non-hydrogen) atoms. The Balaban J connectivity index is 1.66. The van der Waals surface area contributed by atoms with Crippen LogP contribution in [-0.4, -0.2) is 36.4 Å². The molecule has 142 valence electrons. The third kappa shape index (κ3) is 4.44. The molecule has 0 saturated heterocycles. The average molecular weight is 385 g/mol. The number of hydrogen-bond donors (Lipinski definition) is 1. The van der Waals surface area contributed by atoms with Gasteiger partial charge in [-0.2, -0.15) is 0 Å². The predicted molar refractivity (Wildman–Crippen MR) is 106 cm³/mol. The van der Waals surface area contributed by atoms with Gasteiger partial charge < -0.3 is 9.88 Å². The lowest BCUT2D eigenvalue weighted by Crippen LogP contribution is -2.23. The van der Waals surface area contributed by atoms with Gasteiger partial charge in [-0.25, -0.2) is 17.7 Å². The molecule has 1 aromatic heterocycles. The first kappa shape index (κ1) is 19.3. The number of benzene rings is 2. The Hall–Kier alpha value is -2.48. The minimum Gasteiger partial charge on any atom is -0.306 e. The summed E-state index contributed by atoms with van der Waals surface area (Å²) in [5.41, 5.74) is 3.15. The molecule has 1 heterocycles. The number of imidazole rings is 1. The van der Waals surface area contributed by atoms with Crippen LogP contribution in [0.3, 0.4) is 0 Å². The molecule has 0 aliphatic rings. The van der Waals surface area contributed by atoms with E-state index in [-0.39, 0.29) is 6.04 Å². The molecule has 6 nitrogen and oxygen atoms in total. The highest BCUT2D eigenvalue weighted by molar-refractivity contribution is 7.89. The van der Waals surface area contributed by atoms with E-state index in [9.17, 15) is 8.42 Å². The van der Waals surface area contributed by atoms with E-state index >= 15 is 0 Å². The van der Waals surface area contributed by atoms with Crippen LogP contribution in [-0.2, 0) is 16.6 Å². The second-order valence-electron chi connectivity index (χ2n) is 6.60. The zero-order valence-corrected chi connectivity index (χ0v) is 16.5. The van der Waals surface area contributed by atoms with E-state index in [1.54, 1.807) is 30.7 Å². The minimum absolute atomic E-state index is 0.135. The Morgan fingerprint density at radius 2 is 1.89 bits per heavy atom. The second-order valence-corrected chi connectivity index (χ2v) is 8.75. The van der Waals surface area contributed by atoms with Gasteiger partial charge in [-0.1, -0.05) is 24.3 Å². The van der Waals surface area contributed by atoms with Gasteiger partial charge in [-0.05, 0) is 42.3 Å². The first-order valence-corrected chi connectivity index (χ1v) is 10.1. The van der Waals surface area contributed by atoms with Crippen LogP contribution in [0.25, 0.3) is 5.69 Å². The average Bonchev–Trinajstić information content (AvgIpc) is 3.21. The van der Waals surface area contributed by atoms with Crippen LogP contribution in [0.15, 0.2) is 72.1 Å². The van der Waals surface area contributed by atoms with Crippen molar-refractivity contribution in [2.24, 2.45) is 0 Å². The normalized spacial score (nSPS) is 13.0. The lowest BCUT2D eigenvalue weighted by atomic mass is 10.1. The Labute approximate surface area is 160 Å². The molecule has 0 radical (unpaired) electrons. The fourth-order valence-corrected chi connectivity index (χ4v) is 3.73. The Morgan fingerprint density at radius 3 is 2.52 bits per heavy atom. The Kier molecular flexibility index (Phi) is 5.74. The van der Waals surface area contributed by atoms with Gasteiger partial charge in [0, 0.05) is 44.8 Å². The number of hydrogen-bond acceptors (Lipinski definition) is 4. The standard InChI is InChI=1S/C20H24N4O2S/c1-16(18-7-9-19(10-8-18)24-12-11-21-15-24)22-14-17-5-4-6-20(13-17)27(25,26)23(2)3/h4-13,15-16,22H,14H2,1-3H3. The molecule has 7 heteroatoms. The summed E-state index contributed by atoms with van der Waals surface area (Å²) in [6.07, 6.45) is 5.43. The van der Waals surface area contributed by atoms with Gasteiger partial charge in [0.25, 0.3) is 0 Å². The van der Waals surface area contributed by atoms with Crippen LogP contribution < -0.4 is 5.32 Å². The molecule has 3 aromatic rings. The maximum Gasteiger partial charge on any atom is 0.242 e. The highest BCUT2D eigenvalue weighted by atomic mass is 32.2. The summed E-state index contributed by atoms with van der Waals surface area (Å²) in [5, 5.41) is 3.45. The minimum atomic E-state index is -3.42. The molecule has 1 N–H and O–H groups in total. The molecule has 2 aromatic carbocycles. The number of nitrogens with zero attached hydrogens (tertiary/aromatic N) is 3. The van der Waals surface area contributed by atoms with Crippen molar-refractivity contribution < 1.29 is 8.42 Å². The van der Waals surface area contributed by atoms with Crippen molar-refractivity contribution in [2.45, 2.75) is 24.4 Å². The van der Waals surface area contributed by atoms with Crippen LogP contribution in [0.5, 0.6) is 0 Å². The van der Waals surface area contributed by atoms with E-state index < -0.39 is 10.0 Å². The molecule has 0 spiro atoms. The molecule has 3 rings (SSSR count). The Morgan fingerprint density at radius 1 is 1.15 bits per heavy atom. The molecular weight excluding hydrogens is 360 g/mol. The largest absolute Gasteiger partial charge is 0.306 e. The van der Waals surface area contributed by atoms with Gasteiger partial charge >= 0.3 is 0 Å². The smallest absolute Gasteiger partial charge is 0.242 e. The van der Waals surface area contributed by atoms with Gasteiger partial charge in [0.05, 0.1) is 11.2 Å². The summed E-state index contributed by atoms with van der Waals surface area (Å²) in [7, 11) is -0.343. The fraction of sp³-hybridized carbons (Fsp3) is 0.250. The van der Waals surface area contributed by atoms with Crippen molar-refractivity contribution in [2.75, 3.05) is 14.1 Å². The van der Waals surface area contributed by atoms with Gasteiger partial charge in [0.2, 0.25) is 10.0 Å². The third-order valence-electron chi connectivity index (χ3n) is 4.49. The van der Waals surface area contributed by atoms with Crippen molar-refractivity contribution in [3.63, 3.8) is 0 Å². The van der Waals surface area contributed by atoms with E-state index in [4.69, 9.17) is 0 Å². The summed E-state index contributed by atoms with van der Waals surface area (Å²) in [5.74, 6) is 0. The van der Waals surface area contributed by atoms with E-state index in [1.807, 2.05) is 16.8 Å². The SMILES string of the molecule is CC(NCc1cccc(S(=O)(=O)N(C)C)c1)c1ccc(-n2ccnc2)cc1. The van der Waals surface area contributed by atoms with E-state index in [1.165, 1.54) is 18.4 Å². The van der Waals surface area contributed by atoms with Gasteiger partial charge in [-0.3, -0.25) is 0 Å². The number of rotatable bonds is 7. The van der Waals surface area contributed by atoms with Gasteiger partial charge in [-0.15, -0.1) is 0 Å². The maximum absolute atomic E-state index is 12.3. The topological polar surface area (TPSA) is 67.2 Å². The molecule has 1 unspecified atom stereocenters. The van der Waals surface area contributed by atoms with E-state index in [0.717, 1.165) is 16.8 Å². The zero-order chi connectivity index (χ0) is 19.4.